The molecule has 0 saturated carbocycles. The van der Waals surface area contributed by atoms with Crippen molar-refractivity contribution in [1.29, 1.82) is 10.5 Å². The molecule has 0 fully saturated rings. The van der Waals surface area contributed by atoms with E-state index in [1.165, 1.54) is 11.1 Å². The summed E-state index contributed by atoms with van der Waals surface area (Å²) in [7, 11) is 0. The topological polar surface area (TPSA) is 56.8 Å². The highest BCUT2D eigenvalue weighted by atomic mass is 16.5. The van der Waals surface area contributed by atoms with Crippen molar-refractivity contribution in [3.63, 3.8) is 0 Å². The molecule has 3 heteroatoms. The van der Waals surface area contributed by atoms with E-state index in [1.807, 2.05) is 48.5 Å². The van der Waals surface area contributed by atoms with Crippen LogP contribution >= 0.6 is 0 Å². The van der Waals surface area contributed by atoms with Gasteiger partial charge in [-0.05, 0) is 70.5 Å². The lowest BCUT2D eigenvalue weighted by atomic mass is 9.97. The van der Waals surface area contributed by atoms with Crippen molar-refractivity contribution in [1.82, 2.24) is 0 Å². The minimum atomic E-state index is 0.511. The summed E-state index contributed by atoms with van der Waals surface area (Å²) in [6.07, 6.45) is 2.52. The number of ether oxygens (including phenoxy) is 1. The fraction of sp³-hybridized carbons (Fsp3) is 0.133. The normalized spacial score (nSPS) is 10.2. The molecule has 0 atom stereocenters. The molecule has 0 saturated heterocycles. The summed E-state index contributed by atoms with van der Waals surface area (Å²) < 4.78 is 6.06. The SMILES string of the molecule is N#CCCc1ccccc1-c1ccc(Oc2ccc(-c3ccccc3CCC#N)cc2)cc1. The number of hydrogen-bond donors (Lipinski definition) is 0. The maximum Gasteiger partial charge on any atom is 0.127 e. The van der Waals surface area contributed by atoms with E-state index in [0.29, 0.717) is 12.8 Å². The number of rotatable bonds is 8. The molecule has 0 aromatic heterocycles. The minimum absolute atomic E-state index is 0.511. The summed E-state index contributed by atoms with van der Waals surface area (Å²) in [6.45, 7) is 0. The lowest BCUT2D eigenvalue weighted by Gasteiger charge is -2.11. The van der Waals surface area contributed by atoms with Gasteiger partial charge in [-0.2, -0.15) is 10.5 Å². The number of benzene rings is 4. The second-order valence-electron chi connectivity index (χ2n) is 7.78. The van der Waals surface area contributed by atoms with Gasteiger partial charge in [-0.15, -0.1) is 0 Å². The largest absolute Gasteiger partial charge is 0.457 e. The summed E-state index contributed by atoms with van der Waals surface area (Å²) in [5.41, 5.74) is 6.88. The fourth-order valence-corrected chi connectivity index (χ4v) is 3.96. The monoisotopic (exact) mass is 428 g/mol. The molecule has 4 aromatic carbocycles. The van der Waals surface area contributed by atoms with Gasteiger partial charge < -0.3 is 4.74 Å². The van der Waals surface area contributed by atoms with E-state index in [0.717, 1.165) is 46.6 Å². The zero-order chi connectivity index (χ0) is 22.9. The Kier molecular flexibility index (Phi) is 7.16. The fourth-order valence-electron chi connectivity index (χ4n) is 3.96. The van der Waals surface area contributed by atoms with Gasteiger partial charge in [0.15, 0.2) is 0 Å². The van der Waals surface area contributed by atoms with Gasteiger partial charge in [0, 0.05) is 12.8 Å². The summed E-state index contributed by atoms with van der Waals surface area (Å²) in [4.78, 5) is 0. The van der Waals surface area contributed by atoms with Crippen LogP contribution in [0.1, 0.15) is 24.0 Å². The zero-order valence-electron chi connectivity index (χ0n) is 18.4. The van der Waals surface area contributed by atoms with Crippen molar-refractivity contribution >= 4 is 0 Å². The molecular formula is C30H24N2O. The summed E-state index contributed by atoms with van der Waals surface area (Å²) >= 11 is 0. The van der Waals surface area contributed by atoms with Crippen LogP contribution in [0.4, 0.5) is 0 Å². The molecule has 160 valence electrons. The molecule has 4 aromatic rings. The first-order valence-corrected chi connectivity index (χ1v) is 11.1. The van der Waals surface area contributed by atoms with Crippen LogP contribution in [0.25, 0.3) is 22.3 Å². The molecule has 33 heavy (non-hydrogen) atoms. The van der Waals surface area contributed by atoms with E-state index in [2.05, 4.69) is 60.7 Å². The Morgan fingerprint density at radius 2 is 0.909 bits per heavy atom. The van der Waals surface area contributed by atoms with Crippen LogP contribution in [-0.2, 0) is 12.8 Å². The van der Waals surface area contributed by atoms with E-state index in [4.69, 9.17) is 15.3 Å². The van der Waals surface area contributed by atoms with E-state index in [-0.39, 0.29) is 0 Å². The van der Waals surface area contributed by atoms with Crippen molar-refractivity contribution < 1.29 is 4.74 Å². The van der Waals surface area contributed by atoms with Crippen molar-refractivity contribution in [2.24, 2.45) is 0 Å². The van der Waals surface area contributed by atoms with Gasteiger partial charge in [-0.25, -0.2) is 0 Å². The second-order valence-corrected chi connectivity index (χ2v) is 7.78. The van der Waals surface area contributed by atoms with E-state index < -0.39 is 0 Å². The molecule has 0 aliphatic carbocycles. The molecule has 0 aliphatic rings. The first-order chi connectivity index (χ1) is 16.3. The Labute approximate surface area is 195 Å². The summed E-state index contributed by atoms with van der Waals surface area (Å²) in [5, 5.41) is 17.8. The Hall–Kier alpha value is -4.34. The molecule has 3 nitrogen and oxygen atoms in total. The third-order valence-electron chi connectivity index (χ3n) is 5.61. The van der Waals surface area contributed by atoms with Crippen molar-refractivity contribution in [3.05, 3.63) is 108 Å². The van der Waals surface area contributed by atoms with Gasteiger partial charge in [-0.3, -0.25) is 0 Å². The van der Waals surface area contributed by atoms with Crippen LogP contribution in [0.2, 0.25) is 0 Å². The van der Waals surface area contributed by atoms with Gasteiger partial charge in [0.1, 0.15) is 11.5 Å². The average molecular weight is 429 g/mol. The predicted octanol–water partition coefficient (Wildman–Crippen LogP) is 7.73. The average Bonchev–Trinajstić information content (AvgIpc) is 2.87. The molecule has 0 unspecified atom stereocenters. The van der Waals surface area contributed by atoms with E-state index >= 15 is 0 Å². The maximum absolute atomic E-state index is 8.92. The first-order valence-electron chi connectivity index (χ1n) is 11.1. The van der Waals surface area contributed by atoms with Crippen molar-refractivity contribution in [2.45, 2.75) is 25.7 Å². The standard InChI is InChI=1S/C30H24N2O/c31-21-5-9-23-7-1-3-11-29(23)25-13-17-27(18-14-25)33-28-19-15-26(16-20-28)30-12-4-2-8-24(30)10-6-22-32/h1-4,7-8,11-20H,5-6,9-10H2. The summed E-state index contributed by atoms with van der Waals surface area (Å²) in [5.74, 6) is 1.55. The number of nitrogens with zero attached hydrogens (tertiary/aromatic N) is 2. The Morgan fingerprint density at radius 3 is 1.30 bits per heavy atom. The van der Waals surface area contributed by atoms with E-state index in [1.54, 1.807) is 0 Å². The summed E-state index contributed by atoms with van der Waals surface area (Å²) in [6, 6.07) is 37.0. The molecule has 0 radical (unpaired) electrons. The molecule has 0 bridgehead atoms. The first kappa shape index (κ1) is 21.9. The van der Waals surface area contributed by atoms with Gasteiger partial charge >= 0.3 is 0 Å². The Morgan fingerprint density at radius 1 is 0.515 bits per heavy atom. The molecule has 4 rings (SSSR count). The van der Waals surface area contributed by atoms with Crippen LogP contribution in [0.15, 0.2) is 97.1 Å². The Balaban J connectivity index is 1.48. The molecule has 0 spiro atoms. The maximum atomic E-state index is 8.92. The van der Waals surface area contributed by atoms with Gasteiger partial charge in [-0.1, -0.05) is 72.8 Å². The lowest BCUT2D eigenvalue weighted by molar-refractivity contribution is 0.483. The van der Waals surface area contributed by atoms with Crippen LogP contribution in [0.3, 0.4) is 0 Å². The lowest BCUT2D eigenvalue weighted by Crippen LogP contribution is -1.91. The Bertz CT molecular complexity index is 1190. The van der Waals surface area contributed by atoms with Crippen LogP contribution in [0, 0.1) is 22.7 Å². The molecule has 0 aliphatic heterocycles. The van der Waals surface area contributed by atoms with Crippen molar-refractivity contribution in [2.75, 3.05) is 0 Å². The van der Waals surface area contributed by atoms with Crippen LogP contribution < -0.4 is 4.74 Å². The highest BCUT2D eigenvalue weighted by molar-refractivity contribution is 5.69. The zero-order valence-corrected chi connectivity index (χ0v) is 18.4. The van der Waals surface area contributed by atoms with Gasteiger partial charge in [0.2, 0.25) is 0 Å². The minimum Gasteiger partial charge on any atom is -0.457 e. The molecule has 0 amide bonds. The smallest absolute Gasteiger partial charge is 0.127 e. The number of hydrogen-bond acceptors (Lipinski definition) is 3. The highest BCUT2D eigenvalue weighted by Crippen LogP contribution is 2.31. The molecule has 0 heterocycles. The van der Waals surface area contributed by atoms with Crippen molar-refractivity contribution in [3.8, 4) is 45.9 Å². The van der Waals surface area contributed by atoms with Gasteiger partial charge in [0.25, 0.3) is 0 Å². The number of nitriles is 2. The number of aryl methyl sites for hydroxylation is 2. The highest BCUT2D eigenvalue weighted by Gasteiger charge is 2.07. The van der Waals surface area contributed by atoms with E-state index in [9.17, 15) is 0 Å². The van der Waals surface area contributed by atoms with Gasteiger partial charge in [0.05, 0.1) is 12.1 Å². The molecular weight excluding hydrogens is 404 g/mol. The van der Waals surface area contributed by atoms with Crippen LogP contribution in [-0.4, -0.2) is 0 Å². The predicted molar refractivity (Wildman–Crippen MR) is 132 cm³/mol. The van der Waals surface area contributed by atoms with Crippen LogP contribution in [0.5, 0.6) is 11.5 Å². The third kappa shape index (κ3) is 5.48. The third-order valence-corrected chi connectivity index (χ3v) is 5.61. The quantitative estimate of drug-likeness (QED) is 0.288. The second kappa shape index (κ2) is 10.8. The molecule has 0 N–H and O–H groups in total.